The maximum atomic E-state index is 11.1. The summed E-state index contributed by atoms with van der Waals surface area (Å²) in [5.41, 5.74) is 2.04. The Labute approximate surface area is 102 Å². The lowest BCUT2D eigenvalue weighted by Gasteiger charge is -2.21. The zero-order valence-corrected chi connectivity index (χ0v) is 10.6. The van der Waals surface area contributed by atoms with Gasteiger partial charge in [0.1, 0.15) is 6.61 Å². The molecule has 1 aliphatic heterocycles. The minimum absolute atomic E-state index is 0.334. The molecule has 0 aliphatic carbocycles. The second kappa shape index (κ2) is 4.40. The molecule has 1 heterocycles. The fraction of sp³-hybridized carbons (Fsp3) is 0.500. The predicted molar refractivity (Wildman–Crippen MR) is 66.8 cm³/mol. The van der Waals surface area contributed by atoms with Crippen LogP contribution in [0.1, 0.15) is 31.9 Å². The molecule has 1 atom stereocenters. The van der Waals surface area contributed by atoms with Crippen molar-refractivity contribution < 1.29 is 9.53 Å². The van der Waals surface area contributed by atoms with E-state index in [0.29, 0.717) is 12.5 Å². The van der Waals surface area contributed by atoms with Crippen molar-refractivity contribution in [2.45, 2.75) is 32.7 Å². The summed E-state index contributed by atoms with van der Waals surface area (Å²) in [6.45, 7) is 6.80. The van der Waals surface area contributed by atoms with Crippen LogP contribution in [0.15, 0.2) is 24.3 Å². The van der Waals surface area contributed by atoms with Gasteiger partial charge in [-0.3, -0.25) is 0 Å². The Morgan fingerprint density at radius 2 is 2.00 bits per heavy atom. The molecular formula is C14H19NO2. The first-order chi connectivity index (χ1) is 7.99. The van der Waals surface area contributed by atoms with E-state index >= 15 is 0 Å². The number of nitrogens with one attached hydrogen (secondary N) is 1. The number of ether oxygens (including phenoxy) is 1. The highest BCUT2D eigenvalue weighted by Crippen LogP contribution is 2.26. The summed E-state index contributed by atoms with van der Waals surface area (Å²) in [6.07, 6.45) is 0.749. The first-order valence-electron chi connectivity index (χ1n) is 6.04. The molecular weight excluding hydrogens is 214 g/mol. The molecule has 1 aromatic carbocycles. The van der Waals surface area contributed by atoms with Gasteiger partial charge in [-0.2, -0.15) is 0 Å². The number of alkyl carbamates (subject to hydrolysis) is 1. The monoisotopic (exact) mass is 233 g/mol. The van der Waals surface area contributed by atoms with Crippen molar-refractivity contribution in [2.75, 3.05) is 6.61 Å². The molecule has 1 aromatic rings. The normalized spacial score (nSPS) is 23.6. The van der Waals surface area contributed by atoms with Crippen molar-refractivity contribution in [1.82, 2.24) is 5.32 Å². The molecule has 0 saturated carbocycles. The van der Waals surface area contributed by atoms with Crippen LogP contribution < -0.4 is 5.32 Å². The third-order valence-corrected chi connectivity index (χ3v) is 3.10. The Kier molecular flexibility index (Phi) is 3.09. The van der Waals surface area contributed by atoms with Crippen molar-refractivity contribution in [1.29, 1.82) is 0 Å². The summed E-state index contributed by atoms with van der Waals surface area (Å²) in [4.78, 5) is 11.1. The van der Waals surface area contributed by atoms with Crippen LogP contribution in [0, 0.1) is 5.92 Å². The average molecular weight is 233 g/mol. The van der Waals surface area contributed by atoms with Crippen LogP contribution in [0.5, 0.6) is 0 Å². The standard InChI is InChI=1S/C14H19NO2/c1-10(2)8-11-4-6-12(7-5-11)14(3)9-17-13(16)15-14/h4-7,10H,8-9H2,1-3H3,(H,15,16). The summed E-state index contributed by atoms with van der Waals surface area (Å²) in [5, 5.41) is 2.85. The molecule has 92 valence electrons. The molecule has 1 amide bonds. The zero-order valence-electron chi connectivity index (χ0n) is 10.6. The zero-order chi connectivity index (χ0) is 12.5. The van der Waals surface area contributed by atoms with Crippen molar-refractivity contribution >= 4 is 6.09 Å². The molecule has 3 heteroatoms. The molecule has 1 saturated heterocycles. The third-order valence-electron chi connectivity index (χ3n) is 3.10. The molecule has 1 aliphatic rings. The molecule has 0 aromatic heterocycles. The quantitative estimate of drug-likeness (QED) is 0.871. The van der Waals surface area contributed by atoms with Gasteiger partial charge in [-0.1, -0.05) is 38.1 Å². The molecule has 3 nitrogen and oxygen atoms in total. The van der Waals surface area contributed by atoms with Crippen molar-refractivity contribution in [3.63, 3.8) is 0 Å². The smallest absolute Gasteiger partial charge is 0.408 e. The van der Waals surface area contributed by atoms with Gasteiger partial charge in [0.05, 0.1) is 5.54 Å². The van der Waals surface area contributed by atoms with E-state index in [1.807, 2.05) is 6.92 Å². The lowest BCUT2D eigenvalue weighted by molar-refractivity contribution is 0.173. The van der Waals surface area contributed by atoms with Gasteiger partial charge in [-0.05, 0) is 30.4 Å². The Morgan fingerprint density at radius 3 is 2.47 bits per heavy atom. The van der Waals surface area contributed by atoms with Crippen LogP contribution in [0.25, 0.3) is 0 Å². The van der Waals surface area contributed by atoms with Crippen LogP contribution in [-0.4, -0.2) is 12.7 Å². The Bertz CT molecular complexity index is 411. The molecule has 0 bridgehead atoms. The van der Waals surface area contributed by atoms with E-state index in [2.05, 4.69) is 43.4 Å². The lowest BCUT2D eigenvalue weighted by atomic mass is 9.92. The van der Waals surface area contributed by atoms with Gasteiger partial charge in [0.2, 0.25) is 0 Å². The second-order valence-electron chi connectivity index (χ2n) is 5.33. The first kappa shape index (κ1) is 12.0. The highest BCUT2D eigenvalue weighted by Gasteiger charge is 2.36. The van der Waals surface area contributed by atoms with Gasteiger partial charge < -0.3 is 10.1 Å². The number of hydrogen-bond acceptors (Lipinski definition) is 2. The molecule has 0 radical (unpaired) electrons. The number of carbonyl (C=O) groups excluding carboxylic acids is 1. The Hall–Kier alpha value is -1.51. The molecule has 17 heavy (non-hydrogen) atoms. The Morgan fingerprint density at radius 1 is 1.35 bits per heavy atom. The minimum Gasteiger partial charge on any atom is -0.447 e. The number of benzene rings is 1. The SMILES string of the molecule is CC(C)Cc1ccc(C2(C)COC(=O)N2)cc1. The fourth-order valence-corrected chi connectivity index (χ4v) is 2.14. The van der Waals surface area contributed by atoms with E-state index in [9.17, 15) is 4.79 Å². The summed E-state index contributed by atoms with van der Waals surface area (Å²) in [7, 11) is 0. The lowest BCUT2D eigenvalue weighted by Crippen LogP contribution is -2.37. The van der Waals surface area contributed by atoms with Gasteiger partial charge in [-0.15, -0.1) is 0 Å². The van der Waals surface area contributed by atoms with Crippen molar-refractivity contribution in [3.8, 4) is 0 Å². The van der Waals surface area contributed by atoms with Gasteiger partial charge in [0, 0.05) is 0 Å². The summed E-state index contributed by atoms with van der Waals surface area (Å²) in [6, 6.07) is 8.41. The van der Waals surface area contributed by atoms with Crippen LogP contribution in [0.4, 0.5) is 4.79 Å². The summed E-state index contributed by atoms with van der Waals surface area (Å²) < 4.78 is 4.97. The highest BCUT2D eigenvalue weighted by atomic mass is 16.6. The number of rotatable bonds is 3. The molecule has 0 spiro atoms. The maximum absolute atomic E-state index is 11.1. The number of carbonyl (C=O) groups is 1. The van der Waals surface area contributed by atoms with Gasteiger partial charge in [0.25, 0.3) is 0 Å². The number of hydrogen-bond donors (Lipinski definition) is 1. The van der Waals surface area contributed by atoms with Crippen LogP contribution in [0.3, 0.4) is 0 Å². The fourth-order valence-electron chi connectivity index (χ4n) is 2.14. The van der Waals surface area contributed by atoms with Gasteiger partial charge in [-0.25, -0.2) is 4.79 Å². The van der Waals surface area contributed by atoms with E-state index in [1.165, 1.54) is 5.56 Å². The van der Waals surface area contributed by atoms with Crippen LogP contribution in [-0.2, 0) is 16.7 Å². The van der Waals surface area contributed by atoms with Crippen molar-refractivity contribution in [2.24, 2.45) is 5.92 Å². The van der Waals surface area contributed by atoms with Crippen molar-refractivity contribution in [3.05, 3.63) is 35.4 Å². The molecule has 2 rings (SSSR count). The van der Waals surface area contributed by atoms with Crippen LogP contribution in [0.2, 0.25) is 0 Å². The maximum Gasteiger partial charge on any atom is 0.408 e. The average Bonchev–Trinajstić information content (AvgIpc) is 2.60. The largest absolute Gasteiger partial charge is 0.447 e. The van der Waals surface area contributed by atoms with E-state index in [4.69, 9.17) is 4.74 Å². The third kappa shape index (κ3) is 2.60. The summed E-state index contributed by atoms with van der Waals surface area (Å²) >= 11 is 0. The molecule has 1 unspecified atom stereocenters. The minimum atomic E-state index is -0.382. The van der Waals surface area contributed by atoms with Gasteiger partial charge in [0.15, 0.2) is 0 Å². The summed E-state index contributed by atoms with van der Waals surface area (Å²) in [5.74, 6) is 0.658. The number of cyclic esters (lactones) is 1. The van der Waals surface area contributed by atoms with Gasteiger partial charge >= 0.3 is 6.09 Å². The molecule has 1 N–H and O–H groups in total. The Balaban J connectivity index is 2.15. The molecule has 1 fully saturated rings. The first-order valence-corrected chi connectivity index (χ1v) is 6.04. The number of amides is 1. The van der Waals surface area contributed by atoms with E-state index in [-0.39, 0.29) is 11.6 Å². The second-order valence-corrected chi connectivity index (χ2v) is 5.33. The topological polar surface area (TPSA) is 38.3 Å². The highest BCUT2D eigenvalue weighted by molar-refractivity contribution is 5.71. The predicted octanol–water partition coefficient (Wildman–Crippen LogP) is 2.84. The van der Waals surface area contributed by atoms with E-state index in [1.54, 1.807) is 0 Å². The van der Waals surface area contributed by atoms with E-state index in [0.717, 1.165) is 12.0 Å². The van der Waals surface area contributed by atoms with Crippen LogP contribution >= 0.6 is 0 Å². The van der Waals surface area contributed by atoms with E-state index < -0.39 is 0 Å².